The molecule has 0 aliphatic rings. The monoisotopic (exact) mass is 646 g/mol. The molecule has 2 aromatic carbocycles. The number of hydrogen-bond donors (Lipinski definition) is 0. The van der Waals surface area contributed by atoms with E-state index in [0.717, 1.165) is 23.3 Å². The summed E-state index contributed by atoms with van der Waals surface area (Å²) >= 11 is 2.93. The van der Waals surface area contributed by atoms with Crippen molar-refractivity contribution in [1.82, 2.24) is 9.97 Å². The van der Waals surface area contributed by atoms with E-state index < -0.39 is 0 Å². The Morgan fingerprint density at radius 1 is 0.636 bits per heavy atom. The summed E-state index contributed by atoms with van der Waals surface area (Å²) in [6.45, 7) is 2.82. The number of rotatable bonds is 16. The lowest BCUT2D eigenvalue weighted by molar-refractivity contribution is 0.0322. The molecule has 0 atom stereocenters. The molecule has 2 heterocycles. The molecule has 44 heavy (non-hydrogen) atoms. The number of ether oxygens (including phenoxy) is 8. The summed E-state index contributed by atoms with van der Waals surface area (Å²) in [6.07, 6.45) is 9.00. The minimum Gasteiger partial charge on any atom is -0.464 e. The molecule has 0 unspecified atom stereocenters. The molecular formula is C31H38N2O9S2. The van der Waals surface area contributed by atoms with Crippen molar-refractivity contribution in [1.29, 1.82) is 0 Å². The van der Waals surface area contributed by atoms with Crippen LogP contribution in [0.2, 0.25) is 0 Å². The van der Waals surface area contributed by atoms with Gasteiger partial charge in [0.1, 0.15) is 5.01 Å². The summed E-state index contributed by atoms with van der Waals surface area (Å²) in [4.78, 5) is 17.7. The van der Waals surface area contributed by atoms with Gasteiger partial charge in [-0.2, -0.15) is 0 Å². The Hall–Kier alpha value is -3.85. The van der Waals surface area contributed by atoms with Crippen LogP contribution in [0.1, 0.15) is 32.9 Å². The lowest BCUT2D eigenvalue weighted by Gasteiger charge is -2.12. The van der Waals surface area contributed by atoms with Gasteiger partial charge in [-0.05, 0) is 47.9 Å². The summed E-state index contributed by atoms with van der Waals surface area (Å²) in [6, 6.07) is 11.5. The average Bonchev–Trinajstić information content (AvgIpc) is 3.80. The molecule has 0 saturated carbocycles. The Balaban J connectivity index is 0.000000258. The van der Waals surface area contributed by atoms with Crippen LogP contribution in [0.4, 0.5) is 0 Å². The van der Waals surface area contributed by atoms with E-state index in [1.54, 1.807) is 57.5 Å². The van der Waals surface area contributed by atoms with E-state index in [4.69, 9.17) is 37.9 Å². The first-order valence-corrected chi connectivity index (χ1v) is 15.0. The first-order valence-electron chi connectivity index (χ1n) is 13.2. The molecule has 4 aromatic rings. The van der Waals surface area contributed by atoms with E-state index in [0.29, 0.717) is 28.0 Å². The van der Waals surface area contributed by atoms with Gasteiger partial charge < -0.3 is 37.9 Å². The van der Waals surface area contributed by atoms with Gasteiger partial charge in [0.05, 0.1) is 0 Å². The highest BCUT2D eigenvalue weighted by Crippen LogP contribution is 2.30. The zero-order valence-corrected chi connectivity index (χ0v) is 27.1. The maximum absolute atomic E-state index is 9.82. The zero-order chi connectivity index (χ0) is 31.8. The predicted molar refractivity (Wildman–Crippen MR) is 171 cm³/mol. The maximum atomic E-state index is 9.82. The van der Waals surface area contributed by atoms with Gasteiger partial charge in [-0.1, -0.05) is 25.1 Å². The first kappa shape index (κ1) is 36.3. The highest BCUT2D eigenvalue weighted by molar-refractivity contribution is 7.11. The summed E-state index contributed by atoms with van der Waals surface area (Å²) in [5.41, 5.74) is 2.18. The van der Waals surface area contributed by atoms with Crippen LogP contribution >= 0.6 is 22.7 Å². The predicted octanol–water partition coefficient (Wildman–Crippen LogP) is 6.45. The fourth-order valence-electron chi connectivity index (χ4n) is 3.13. The molecule has 0 amide bonds. The normalized spacial score (nSPS) is 10.3. The molecule has 4 rings (SSSR count). The second-order valence-electron chi connectivity index (χ2n) is 8.24. The maximum Gasteiger partial charge on any atom is 0.188 e. The van der Waals surface area contributed by atoms with E-state index in [-0.39, 0.29) is 27.2 Å². The smallest absolute Gasteiger partial charge is 0.188 e. The van der Waals surface area contributed by atoms with Gasteiger partial charge in [-0.15, -0.1) is 22.7 Å². The Bertz CT molecular complexity index is 1330. The Morgan fingerprint density at radius 2 is 1.14 bits per heavy atom. The number of benzene rings is 2. The highest BCUT2D eigenvalue weighted by atomic mass is 32.1. The van der Waals surface area contributed by atoms with Crippen LogP contribution in [0.15, 0.2) is 59.6 Å². The second-order valence-corrected chi connectivity index (χ2v) is 10.1. The minimum atomic E-state index is 0.156. The molecule has 0 aliphatic heterocycles. The summed E-state index contributed by atoms with van der Waals surface area (Å²) < 4.78 is 41.3. The number of carbonyl (C=O) groups excluding carboxylic acids is 1. The molecule has 0 N–H and O–H groups in total. The minimum absolute atomic E-state index is 0.156. The molecule has 0 bridgehead atoms. The number of methoxy groups -OCH3 is 4. The van der Waals surface area contributed by atoms with E-state index in [1.807, 2.05) is 53.9 Å². The lowest BCUT2D eigenvalue weighted by atomic mass is 10.1. The lowest BCUT2D eigenvalue weighted by Crippen LogP contribution is -2.04. The third-order valence-corrected chi connectivity index (χ3v) is 6.58. The van der Waals surface area contributed by atoms with E-state index in [1.165, 1.54) is 16.9 Å². The van der Waals surface area contributed by atoms with E-state index >= 15 is 0 Å². The quantitative estimate of drug-likeness (QED) is 0.0988. The van der Waals surface area contributed by atoms with Crippen molar-refractivity contribution in [3.63, 3.8) is 0 Å². The van der Waals surface area contributed by atoms with Gasteiger partial charge in [0.2, 0.25) is 0 Å². The number of thiazole rings is 2. The highest BCUT2D eigenvalue weighted by Gasteiger charge is 2.07. The van der Waals surface area contributed by atoms with Gasteiger partial charge in [-0.3, -0.25) is 4.79 Å². The van der Waals surface area contributed by atoms with Gasteiger partial charge in [0.25, 0.3) is 0 Å². The van der Waals surface area contributed by atoms with Crippen LogP contribution in [-0.4, -0.2) is 71.9 Å². The third kappa shape index (κ3) is 14.1. The van der Waals surface area contributed by atoms with Crippen LogP contribution in [0.25, 0.3) is 12.2 Å². The topological polar surface area (TPSA) is 117 Å². The van der Waals surface area contributed by atoms with Gasteiger partial charge in [-0.25, -0.2) is 9.97 Å². The fraction of sp³-hybridized carbons (Fsp3) is 0.323. The molecule has 11 nitrogen and oxygen atoms in total. The van der Waals surface area contributed by atoms with Crippen LogP contribution < -0.4 is 18.9 Å². The molecule has 13 heteroatoms. The summed E-state index contributed by atoms with van der Waals surface area (Å²) in [5, 5.41) is 5.20. The SMILES string of the molecule is CCc1ccc(OCOC)c(OCOC)c1.COCOc1ccc(/C=C/c2nccs2)cc1OCOC.O=Cc1nccs1. The summed E-state index contributed by atoms with van der Waals surface area (Å²) in [5.74, 6) is 2.56. The molecule has 0 radical (unpaired) electrons. The standard InChI is InChI=1S/C15H17NO4S.C12H18O4.C4H3NOS/c1-17-10-19-13-5-3-12(9-14(13)20-11-18-2)4-6-15-16-7-8-21-15;1-4-10-5-6-11(15-8-13-2)12(7-10)16-9-14-3;6-3-4-5-1-2-7-4/h3-9H,10-11H2,1-2H3;5-7H,4,8-9H2,1-3H3;1-3H/b6-4+;;. The Morgan fingerprint density at radius 3 is 1.59 bits per heavy atom. The molecular weight excluding hydrogens is 608 g/mol. The first-order chi connectivity index (χ1) is 21.6. The van der Waals surface area contributed by atoms with E-state index in [9.17, 15) is 4.79 Å². The van der Waals surface area contributed by atoms with Crippen molar-refractivity contribution in [2.45, 2.75) is 13.3 Å². The molecule has 0 saturated heterocycles. The molecule has 0 fully saturated rings. The second kappa shape index (κ2) is 22.7. The number of carbonyl (C=O) groups is 1. The number of aromatic nitrogens is 2. The Labute approximate surface area is 265 Å². The number of aryl methyl sites for hydroxylation is 1. The van der Waals surface area contributed by atoms with Crippen molar-refractivity contribution < 1.29 is 42.7 Å². The molecule has 0 aliphatic carbocycles. The Kier molecular flexibility index (Phi) is 18.7. The summed E-state index contributed by atoms with van der Waals surface area (Å²) in [7, 11) is 6.30. The number of aldehydes is 1. The average molecular weight is 647 g/mol. The van der Waals surface area contributed by atoms with Crippen molar-refractivity contribution in [3.05, 3.63) is 80.7 Å². The van der Waals surface area contributed by atoms with Gasteiger partial charge >= 0.3 is 0 Å². The molecule has 2 aromatic heterocycles. The zero-order valence-electron chi connectivity index (χ0n) is 25.4. The molecule has 238 valence electrons. The van der Waals surface area contributed by atoms with Crippen LogP contribution in [0.5, 0.6) is 23.0 Å². The molecule has 0 spiro atoms. The fourth-order valence-corrected chi connectivity index (χ4v) is 4.10. The van der Waals surface area contributed by atoms with Crippen molar-refractivity contribution in [2.75, 3.05) is 55.6 Å². The van der Waals surface area contributed by atoms with Crippen molar-refractivity contribution >= 4 is 41.1 Å². The third-order valence-electron chi connectivity index (χ3n) is 5.14. The van der Waals surface area contributed by atoms with Gasteiger partial charge in [0, 0.05) is 51.6 Å². The van der Waals surface area contributed by atoms with Crippen LogP contribution in [-0.2, 0) is 25.4 Å². The van der Waals surface area contributed by atoms with E-state index in [2.05, 4.69) is 16.9 Å². The number of hydrogen-bond acceptors (Lipinski definition) is 13. The van der Waals surface area contributed by atoms with Crippen molar-refractivity contribution in [2.24, 2.45) is 0 Å². The number of nitrogens with zero attached hydrogens (tertiary/aromatic N) is 2. The van der Waals surface area contributed by atoms with Gasteiger partial charge in [0.15, 0.2) is 61.5 Å². The van der Waals surface area contributed by atoms with Crippen LogP contribution in [0, 0.1) is 0 Å². The van der Waals surface area contributed by atoms with Crippen molar-refractivity contribution in [3.8, 4) is 23.0 Å². The van der Waals surface area contributed by atoms with Crippen LogP contribution in [0.3, 0.4) is 0 Å². The largest absolute Gasteiger partial charge is 0.464 e.